The molecule has 0 radical (unpaired) electrons. The minimum atomic E-state index is -2.20. The lowest BCUT2D eigenvalue weighted by Crippen LogP contribution is -1.92. The molecule has 0 atom stereocenters. The van der Waals surface area contributed by atoms with Crippen LogP contribution in [-0.2, 0) is 4.57 Å². The maximum absolute atomic E-state index is 9.97. The standard InChI is InChI=1S/C10H9BrN2O2.Br3OP/c1-14-9-3-6-7(11)5-12-13-8(6)4-10(9)15-2;1-5(2,3)4/h3-5H,1-2H3;. The molecule has 20 heavy (non-hydrogen) atoms. The zero-order valence-electron chi connectivity index (χ0n) is 10.3. The number of aromatic nitrogens is 2. The lowest BCUT2D eigenvalue weighted by molar-refractivity contribution is 0.355. The quantitative estimate of drug-likeness (QED) is 0.446. The predicted molar refractivity (Wildman–Crippen MR) is 94.7 cm³/mol. The molecule has 2 rings (SSSR count). The number of ether oxygens (including phenoxy) is 2. The summed E-state index contributed by atoms with van der Waals surface area (Å²) in [5.41, 5.74) is 0.766. The number of hydrogen-bond donors (Lipinski definition) is 0. The molecule has 0 spiro atoms. The topological polar surface area (TPSA) is 61.3 Å². The van der Waals surface area contributed by atoms with Crippen LogP contribution in [0.25, 0.3) is 10.9 Å². The average molecular weight is 556 g/mol. The van der Waals surface area contributed by atoms with Gasteiger partial charge in [-0.2, -0.15) is 10.2 Å². The first kappa shape index (κ1) is 18.4. The van der Waals surface area contributed by atoms with Crippen LogP contribution in [0.5, 0.6) is 11.5 Å². The van der Waals surface area contributed by atoms with Gasteiger partial charge in [0.2, 0.25) is 0 Å². The van der Waals surface area contributed by atoms with Gasteiger partial charge in [-0.05, 0) is 22.0 Å². The molecule has 1 aromatic heterocycles. The molecule has 0 aliphatic heterocycles. The number of nitrogens with zero attached hydrogens (tertiary/aromatic N) is 2. The molecular weight excluding hydrogens is 547 g/mol. The lowest BCUT2D eigenvalue weighted by Gasteiger charge is -2.08. The van der Waals surface area contributed by atoms with Crippen LogP contribution < -0.4 is 9.47 Å². The van der Waals surface area contributed by atoms with Crippen molar-refractivity contribution in [3.63, 3.8) is 0 Å². The van der Waals surface area contributed by atoms with Gasteiger partial charge in [0.05, 0.1) is 25.9 Å². The van der Waals surface area contributed by atoms with Crippen molar-refractivity contribution in [2.24, 2.45) is 0 Å². The number of halogens is 4. The van der Waals surface area contributed by atoms with E-state index in [-0.39, 0.29) is 0 Å². The second-order valence-corrected chi connectivity index (χ2v) is 22.5. The maximum atomic E-state index is 9.97. The number of rotatable bonds is 2. The second kappa shape index (κ2) is 8.08. The van der Waals surface area contributed by atoms with E-state index in [1.54, 1.807) is 26.5 Å². The molecule has 0 amide bonds. The van der Waals surface area contributed by atoms with Gasteiger partial charge >= 0.3 is 0 Å². The molecule has 0 aliphatic rings. The Morgan fingerprint density at radius 2 is 1.60 bits per heavy atom. The monoisotopic (exact) mass is 552 g/mol. The predicted octanol–water partition coefficient (Wildman–Crippen LogP) is 5.69. The Morgan fingerprint density at radius 3 is 2.10 bits per heavy atom. The van der Waals surface area contributed by atoms with Crippen molar-refractivity contribution in [3.05, 3.63) is 22.8 Å². The molecule has 0 N–H and O–H groups in total. The van der Waals surface area contributed by atoms with Crippen LogP contribution in [0, 0.1) is 0 Å². The van der Waals surface area contributed by atoms with Crippen LogP contribution in [0.1, 0.15) is 0 Å². The minimum Gasteiger partial charge on any atom is -0.493 e. The molecule has 0 saturated heterocycles. The van der Waals surface area contributed by atoms with E-state index in [1.165, 1.54) is 0 Å². The van der Waals surface area contributed by atoms with Gasteiger partial charge in [0.25, 0.3) is 3.25 Å². The molecule has 1 aromatic carbocycles. The van der Waals surface area contributed by atoms with Gasteiger partial charge in [-0.25, -0.2) is 0 Å². The zero-order valence-corrected chi connectivity index (χ0v) is 17.5. The van der Waals surface area contributed by atoms with Gasteiger partial charge in [-0.15, -0.1) is 0 Å². The van der Waals surface area contributed by atoms with Crippen molar-refractivity contribution in [1.82, 2.24) is 10.2 Å². The van der Waals surface area contributed by atoms with E-state index in [1.807, 2.05) is 6.07 Å². The molecule has 1 heterocycles. The van der Waals surface area contributed by atoms with Crippen LogP contribution in [-0.4, -0.2) is 24.4 Å². The largest absolute Gasteiger partial charge is 0.493 e. The van der Waals surface area contributed by atoms with Crippen molar-refractivity contribution < 1.29 is 14.0 Å². The number of fused-ring (bicyclic) bond motifs is 1. The van der Waals surface area contributed by atoms with E-state index in [4.69, 9.17) is 9.47 Å². The summed E-state index contributed by atoms with van der Waals surface area (Å²) in [6, 6.07) is 3.67. The molecule has 10 heteroatoms. The van der Waals surface area contributed by atoms with Crippen LogP contribution in [0.2, 0.25) is 0 Å². The van der Waals surface area contributed by atoms with E-state index < -0.39 is 3.25 Å². The number of hydrogen-bond acceptors (Lipinski definition) is 5. The average Bonchev–Trinajstić information content (AvgIpc) is 2.36. The fourth-order valence-electron chi connectivity index (χ4n) is 1.35. The van der Waals surface area contributed by atoms with Gasteiger partial charge in [-0.3, -0.25) is 4.57 Å². The summed E-state index contributed by atoms with van der Waals surface area (Å²) in [5, 5.41) is 8.81. The molecule has 0 bridgehead atoms. The van der Waals surface area contributed by atoms with Crippen molar-refractivity contribution in [2.45, 2.75) is 0 Å². The van der Waals surface area contributed by atoms with E-state index >= 15 is 0 Å². The third-order valence-corrected chi connectivity index (χ3v) is 2.73. The summed E-state index contributed by atoms with van der Waals surface area (Å²) in [5.74, 6) is 1.33. The summed E-state index contributed by atoms with van der Waals surface area (Å²) in [6.45, 7) is 0. The van der Waals surface area contributed by atoms with E-state index in [0.717, 1.165) is 15.4 Å². The fraction of sp³-hybridized carbons (Fsp3) is 0.200. The summed E-state index contributed by atoms with van der Waals surface area (Å²) >= 11 is 11.7. The van der Waals surface area contributed by atoms with Crippen LogP contribution in [0.4, 0.5) is 0 Å². The summed E-state index contributed by atoms with van der Waals surface area (Å²) in [6.07, 6.45) is 1.65. The third-order valence-electron chi connectivity index (χ3n) is 2.10. The summed E-state index contributed by atoms with van der Waals surface area (Å²) in [4.78, 5) is 0. The van der Waals surface area contributed by atoms with Gasteiger partial charge in [0.1, 0.15) is 0 Å². The third kappa shape index (κ3) is 5.97. The first-order valence-electron chi connectivity index (χ1n) is 4.98. The summed E-state index contributed by atoms with van der Waals surface area (Å²) in [7, 11) is 3.20. The number of methoxy groups -OCH3 is 2. The Bertz CT molecular complexity index is 641. The Kier molecular flexibility index (Phi) is 7.41. The van der Waals surface area contributed by atoms with Crippen molar-refractivity contribution in [2.75, 3.05) is 14.2 Å². The van der Waals surface area contributed by atoms with Crippen LogP contribution >= 0.6 is 65.6 Å². The Labute approximate surface area is 148 Å². The molecular formula is C10H9Br4N2O3P. The highest BCUT2D eigenvalue weighted by molar-refractivity contribution is 9.94. The van der Waals surface area contributed by atoms with Gasteiger partial charge < -0.3 is 9.47 Å². The van der Waals surface area contributed by atoms with Gasteiger partial charge in [0, 0.05) is 62.4 Å². The van der Waals surface area contributed by atoms with Crippen molar-refractivity contribution >= 4 is 76.5 Å². The van der Waals surface area contributed by atoms with Gasteiger partial charge in [-0.1, -0.05) is 0 Å². The second-order valence-electron chi connectivity index (χ2n) is 3.32. The van der Waals surface area contributed by atoms with E-state index in [9.17, 15) is 4.57 Å². The van der Waals surface area contributed by atoms with Crippen LogP contribution in [0.15, 0.2) is 22.8 Å². The highest BCUT2D eigenvalue weighted by Gasteiger charge is 2.08. The lowest BCUT2D eigenvalue weighted by atomic mass is 10.2. The Hall–Kier alpha value is 0.310. The molecule has 0 aliphatic carbocycles. The molecule has 0 unspecified atom stereocenters. The molecule has 0 fully saturated rings. The maximum Gasteiger partial charge on any atom is 0.268 e. The van der Waals surface area contributed by atoms with E-state index in [2.05, 4.69) is 72.6 Å². The first-order chi connectivity index (χ1) is 9.26. The fourth-order valence-corrected chi connectivity index (χ4v) is 1.76. The van der Waals surface area contributed by atoms with E-state index in [0.29, 0.717) is 11.5 Å². The normalized spacial score (nSPS) is 10.7. The van der Waals surface area contributed by atoms with Crippen LogP contribution in [0.3, 0.4) is 0 Å². The van der Waals surface area contributed by atoms with Crippen molar-refractivity contribution in [3.8, 4) is 11.5 Å². The smallest absolute Gasteiger partial charge is 0.268 e. The van der Waals surface area contributed by atoms with Crippen molar-refractivity contribution in [1.29, 1.82) is 0 Å². The molecule has 110 valence electrons. The summed E-state index contributed by atoms with van der Waals surface area (Å²) < 4.78 is 19.0. The SMILES string of the molecule is COc1cc2nncc(Br)c2cc1OC.O=P(Br)(Br)Br. The highest BCUT2D eigenvalue weighted by atomic mass is 80.0. The Morgan fingerprint density at radius 1 is 1.10 bits per heavy atom. The Balaban J connectivity index is 0.000000347. The molecule has 5 nitrogen and oxygen atoms in total. The van der Waals surface area contributed by atoms with Gasteiger partial charge in [0.15, 0.2) is 11.5 Å². The first-order valence-corrected chi connectivity index (χ1v) is 13.5. The molecule has 2 aromatic rings. The highest BCUT2D eigenvalue weighted by Crippen LogP contribution is 2.68. The minimum absolute atomic E-state index is 0.650. The molecule has 0 saturated carbocycles. The number of benzene rings is 1. The zero-order chi connectivity index (χ0) is 15.3.